The number of benzene rings is 3. The number of thioether (sulfide) groups is 1. The van der Waals surface area contributed by atoms with Crippen molar-refractivity contribution < 1.29 is 9.59 Å². The van der Waals surface area contributed by atoms with Gasteiger partial charge in [0.15, 0.2) is 5.16 Å². The van der Waals surface area contributed by atoms with E-state index in [-0.39, 0.29) is 17.6 Å². The van der Waals surface area contributed by atoms with Gasteiger partial charge in [0.1, 0.15) is 0 Å². The average Bonchev–Trinajstić information content (AvgIpc) is 3.17. The van der Waals surface area contributed by atoms with Crippen molar-refractivity contribution in [3.8, 4) is 0 Å². The van der Waals surface area contributed by atoms with Crippen LogP contribution in [0, 0.1) is 0 Å². The third-order valence-electron chi connectivity index (χ3n) is 4.22. The van der Waals surface area contributed by atoms with E-state index in [1.807, 2.05) is 24.3 Å². The van der Waals surface area contributed by atoms with Crippen LogP contribution in [0.3, 0.4) is 0 Å². The van der Waals surface area contributed by atoms with E-state index in [4.69, 9.17) is 11.6 Å². The highest BCUT2D eigenvalue weighted by Crippen LogP contribution is 2.20. The fourth-order valence-electron chi connectivity index (χ4n) is 2.80. The first-order valence-corrected chi connectivity index (χ1v) is 10.5. The summed E-state index contributed by atoms with van der Waals surface area (Å²) in [6.07, 6.45) is 0. The molecule has 1 aromatic heterocycles. The Morgan fingerprint density at radius 2 is 1.73 bits per heavy atom. The van der Waals surface area contributed by atoms with Crippen molar-refractivity contribution in [1.82, 2.24) is 9.97 Å². The number of para-hydroxylation sites is 2. The summed E-state index contributed by atoms with van der Waals surface area (Å²) in [7, 11) is 0. The molecule has 0 aliphatic heterocycles. The van der Waals surface area contributed by atoms with Gasteiger partial charge in [0.2, 0.25) is 5.91 Å². The van der Waals surface area contributed by atoms with E-state index in [1.165, 1.54) is 11.8 Å². The highest BCUT2D eigenvalue weighted by Gasteiger charge is 2.10. The van der Waals surface area contributed by atoms with Gasteiger partial charge >= 0.3 is 0 Å². The number of imidazole rings is 1. The monoisotopic (exact) mass is 436 g/mol. The molecule has 30 heavy (non-hydrogen) atoms. The Kier molecular flexibility index (Phi) is 6.02. The standard InChI is InChI=1S/C22H17ClN4O2S/c23-15-8-10-16(11-9-15)25-21(29)14-4-3-5-17(12-14)24-20(28)13-30-22-26-18-6-1-2-7-19(18)27-22/h1-12H,13H2,(H,24,28)(H,25,29)(H,26,27). The number of nitrogens with one attached hydrogen (secondary N) is 3. The number of anilines is 2. The molecular weight excluding hydrogens is 420 g/mol. The molecule has 1 heterocycles. The van der Waals surface area contributed by atoms with Crippen LogP contribution in [0.25, 0.3) is 11.0 Å². The Hall–Kier alpha value is -3.29. The number of carbonyl (C=O) groups is 2. The summed E-state index contributed by atoms with van der Waals surface area (Å²) in [5.74, 6) is -0.262. The molecule has 0 fully saturated rings. The minimum atomic E-state index is -0.273. The van der Waals surface area contributed by atoms with Crippen molar-refractivity contribution in [3.05, 3.63) is 83.4 Å². The summed E-state index contributed by atoms with van der Waals surface area (Å²) >= 11 is 7.18. The van der Waals surface area contributed by atoms with Crippen LogP contribution in [0.1, 0.15) is 10.4 Å². The van der Waals surface area contributed by atoms with Crippen molar-refractivity contribution in [2.24, 2.45) is 0 Å². The van der Waals surface area contributed by atoms with Crippen LogP contribution >= 0.6 is 23.4 Å². The smallest absolute Gasteiger partial charge is 0.255 e. The van der Waals surface area contributed by atoms with E-state index in [9.17, 15) is 9.59 Å². The topological polar surface area (TPSA) is 86.9 Å². The predicted molar refractivity (Wildman–Crippen MR) is 121 cm³/mol. The summed E-state index contributed by atoms with van der Waals surface area (Å²) in [6.45, 7) is 0. The number of fused-ring (bicyclic) bond motifs is 1. The third kappa shape index (κ3) is 5.00. The molecule has 0 atom stereocenters. The normalized spacial score (nSPS) is 10.7. The predicted octanol–water partition coefficient (Wildman–Crippen LogP) is 5.20. The molecule has 150 valence electrons. The lowest BCUT2D eigenvalue weighted by atomic mass is 10.2. The fourth-order valence-corrected chi connectivity index (χ4v) is 3.61. The zero-order chi connectivity index (χ0) is 20.9. The Bertz CT molecular complexity index is 1170. The van der Waals surface area contributed by atoms with Gasteiger partial charge in [0.05, 0.1) is 16.8 Å². The summed E-state index contributed by atoms with van der Waals surface area (Å²) < 4.78 is 0. The SMILES string of the molecule is O=C(CSc1nc2ccccc2[nH]1)Nc1cccc(C(=O)Nc2ccc(Cl)cc2)c1. The first-order valence-electron chi connectivity index (χ1n) is 9.11. The first kappa shape index (κ1) is 20.0. The Morgan fingerprint density at radius 3 is 2.53 bits per heavy atom. The van der Waals surface area contributed by atoms with Crippen LogP contribution < -0.4 is 10.6 Å². The number of halogens is 1. The highest BCUT2D eigenvalue weighted by atomic mass is 35.5. The number of amides is 2. The number of H-pyrrole nitrogens is 1. The highest BCUT2D eigenvalue weighted by molar-refractivity contribution is 7.99. The van der Waals surface area contributed by atoms with Crippen LogP contribution in [0.15, 0.2) is 78.0 Å². The molecule has 0 unspecified atom stereocenters. The maximum absolute atomic E-state index is 12.5. The van der Waals surface area contributed by atoms with Gasteiger partial charge in [-0.15, -0.1) is 0 Å². The molecule has 0 aliphatic carbocycles. The number of rotatable bonds is 6. The lowest BCUT2D eigenvalue weighted by Gasteiger charge is -2.08. The van der Waals surface area contributed by atoms with Gasteiger partial charge < -0.3 is 15.6 Å². The molecule has 0 aliphatic rings. The fraction of sp³-hybridized carbons (Fsp3) is 0.0455. The molecule has 3 aromatic carbocycles. The molecule has 6 nitrogen and oxygen atoms in total. The number of aromatic amines is 1. The average molecular weight is 437 g/mol. The maximum atomic E-state index is 12.5. The number of hydrogen-bond acceptors (Lipinski definition) is 4. The summed E-state index contributed by atoms with van der Waals surface area (Å²) in [6, 6.07) is 21.3. The van der Waals surface area contributed by atoms with Crippen molar-refractivity contribution >= 4 is 57.6 Å². The second kappa shape index (κ2) is 9.02. The van der Waals surface area contributed by atoms with Crippen molar-refractivity contribution in [1.29, 1.82) is 0 Å². The van der Waals surface area contributed by atoms with Crippen LogP contribution in [0.2, 0.25) is 5.02 Å². The second-order valence-corrected chi connectivity index (χ2v) is 7.84. The van der Waals surface area contributed by atoms with Gasteiger partial charge in [-0.1, -0.05) is 41.6 Å². The molecular formula is C22H17ClN4O2S. The minimum absolute atomic E-state index is 0.185. The molecule has 0 saturated heterocycles. The van der Waals surface area contributed by atoms with Crippen LogP contribution in [0.5, 0.6) is 0 Å². The van der Waals surface area contributed by atoms with Crippen LogP contribution in [-0.2, 0) is 4.79 Å². The number of aromatic nitrogens is 2. The molecule has 0 bridgehead atoms. The number of hydrogen-bond donors (Lipinski definition) is 3. The molecule has 8 heteroatoms. The number of nitrogens with zero attached hydrogens (tertiary/aromatic N) is 1. The number of carbonyl (C=O) groups excluding carboxylic acids is 2. The third-order valence-corrected chi connectivity index (χ3v) is 5.34. The van der Waals surface area contributed by atoms with Gasteiger partial charge in [0, 0.05) is 22.0 Å². The maximum Gasteiger partial charge on any atom is 0.255 e. The van der Waals surface area contributed by atoms with Gasteiger partial charge in [-0.25, -0.2) is 4.98 Å². The van der Waals surface area contributed by atoms with Gasteiger partial charge in [-0.2, -0.15) is 0 Å². The van der Waals surface area contributed by atoms with E-state index in [0.29, 0.717) is 27.1 Å². The summed E-state index contributed by atoms with van der Waals surface area (Å²) in [4.78, 5) is 32.4. The van der Waals surface area contributed by atoms with Crippen molar-refractivity contribution in [3.63, 3.8) is 0 Å². The van der Waals surface area contributed by atoms with Crippen molar-refractivity contribution in [2.45, 2.75) is 5.16 Å². The molecule has 0 saturated carbocycles. The lowest BCUT2D eigenvalue weighted by molar-refractivity contribution is -0.113. The van der Waals surface area contributed by atoms with E-state index >= 15 is 0 Å². The van der Waals surface area contributed by atoms with Crippen LogP contribution in [0.4, 0.5) is 11.4 Å². The summed E-state index contributed by atoms with van der Waals surface area (Å²) in [5, 5.41) is 6.89. The molecule has 0 spiro atoms. The van der Waals surface area contributed by atoms with Gasteiger partial charge in [-0.3, -0.25) is 9.59 Å². The minimum Gasteiger partial charge on any atom is -0.333 e. The quantitative estimate of drug-likeness (QED) is 0.362. The molecule has 4 aromatic rings. The zero-order valence-corrected chi connectivity index (χ0v) is 17.3. The van der Waals surface area contributed by atoms with Crippen LogP contribution in [-0.4, -0.2) is 27.5 Å². The largest absolute Gasteiger partial charge is 0.333 e. The van der Waals surface area contributed by atoms with Crippen molar-refractivity contribution in [2.75, 3.05) is 16.4 Å². The second-order valence-electron chi connectivity index (χ2n) is 6.44. The van der Waals surface area contributed by atoms with E-state index in [1.54, 1.807) is 48.5 Å². The molecule has 0 radical (unpaired) electrons. The van der Waals surface area contributed by atoms with Gasteiger partial charge in [0.25, 0.3) is 5.91 Å². The Morgan fingerprint density at radius 1 is 0.933 bits per heavy atom. The molecule has 3 N–H and O–H groups in total. The summed E-state index contributed by atoms with van der Waals surface area (Å²) in [5.41, 5.74) is 3.42. The van der Waals surface area contributed by atoms with Gasteiger partial charge in [-0.05, 0) is 54.6 Å². The molecule has 4 rings (SSSR count). The lowest BCUT2D eigenvalue weighted by Crippen LogP contribution is -2.16. The zero-order valence-electron chi connectivity index (χ0n) is 15.7. The first-order chi connectivity index (χ1) is 14.6. The van der Waals surface area contributed by atoms with E-state index < -0.39 is 0 Å². The molecule has 2 amide bonds. The Labute approximate surface area is 182 Å². The van der Waals surface area contributed by atoms with E-state index in [2.05, 4.69) is 20.6 Å². The van der Waals surface area contributed by atoms with E-state index in [0.717, 1.165) is 11.0 Å². The Balaban J connectivity index is 1.35.